The van der Waals surface area contributed by atoms with E-state index in [1.54, 1.807) is 21.3 Å². The summed E-state index contributed by atoms with van der Waals surface area (Å²) >= 11 is 2.01. The average Bonchev–Trinajstić information content (AvgIpc) is 2.42. The van der Waals surface area contributed by atoms with Crippen molar-refractivity contribution in [2.24, 2.45) is 0 Å². The van der Waals surface area contributed by atoms with Gasteiger partial charge in [0.05, 0.1) is 0 Å². The Morgan fingerprint density at radius 1 is 1.26 bits per heavy atom. The van der Waals surface area contributed by atoms with Gasteiger partial charge >= 0.3 is 133 Å². The Balaban J connectivity index is 2.84. The summed E-state index contributed by atoms with van der Waals surface area (Å²) in [5.74, 6) is 1.82. The van der Waals surface area contributed by atoms with E-state index < -0.39 is 12.4 Å². The van der Waals surface area contributed by atoms with Crippen LogP contribution in [0.1, 0.15) is 0 Å². The Hall–Kier alpha value is 0.559. The van der Waals surface area contributed by atoms with Crippen molar-refractivity contribution in [2.75, 3.05) is 27.9 Å². The van der Waals surface area contributed by atoms with Crippen LogP contribution in [0.15, 0.2) is 0 Å². The first-order valence-corrected chi connectivity index (χ1v) is 9.49. The summed E-state index contributed by atoms with van der Waals surface area (Å²) in [6, 6.07) is 0. The summed E-state index contributed by atoms with van der Waals surface area (Å²) in [5, 5.41) is 0. The molecule has 6 nitrogen and oxygen atoms in total. The van der Waals surface area contributed by atoms with Crippen LogP contribution >= 0.6 is 22.6 Å². The molecular weight excluding hydrogens is 434 g/mol. The van der Waals surface area contributed by atoms with Gasteiger partial charge in [0.25, 0.3) is 0 Å². The minimum atomic E-state index is -0.492. The summed E-state index contributed by atoms with van der Waals surface area (Å²) in [5.41, 5.74) is 0. The minimum absolute atomic E-state index is 0.0623. The van der Waals surface area contributed by atoms with E-state index in [0.29, 0.717) is 6.61 Å². The van der Waals surface area contributed by atoms with E-state index in [1.807, 2.05) is 5.82 Å². The topological polar surface area (TPSA) is 63.2 Å². The molecule has 112 valence electrons. The van der Waals surface area contributed by atoms with Crippen LogP contribution in [0.2, 0.25) is 5.82 Å². The van der Waals surface area contributed by atoms with Crippen molar-refractivity contribution < 1.29 is 28.5 Å². The van der Waals surface area contributed by atoms with Crippen LogP contribution in [0.4, 0.5) is 4.79 Å². The Morgan fingerprint density at radius 3 is 2.42 bits per heavy atom. The van der Waals surface area contributed by atoms with Crippen LogP contribution in [0, 0.1) is 0 Å². The summed E-state index contributed by atoms with van der Waals surface area (Å²) in [4.78, 5) is 11.4. The van der Waals surface area contributed by atoms with Crippen LogP contribution < -0.4 is 0 Å². The van der Waals surface area contributed by atoms with Gasteiger partial charge in [0.2, 0.25) is 0 Å². The molecule has 1 aliphatic rings. The fraction of sp³-hybridized carbons (Fsp3) is 0.909. The van der Waals surface area contributed by atoms with Gasteiger partial charge in [-0.25, -0.2) is 0 Å². The summed E-state index contributed by atoms with van der Waals surface area (Å²) in [6.07, 6.45) is -1.53. The van der Waals surface area contributed by atoms with Crippen LogP contribution in [0.5, 0.6) is 0 Å². The number of hydrogen-bond acceptors (Lipinski definition) is 6. The predicted molar refractivity (Wildman–Crippen MR) is 78.0 cm³/mol. The van der Waals surface area contributed by atoms with Crippen LogP contribution in [-0.4, -0.2) is 76.3 Å². The molecule has 0 spiro atoms. The van der Waals surface area contributed by atoms with Crippen molar-refractivity contribution in [1.29, 1.82) is 0 Å². The van der Waals surface area contributed by atoms with E-state index in [0.717, 1.165) is 0 Å². The van der Waals surface area contributed by atoms with Crippen LogP contribution in [-0.2, 0) is 23.7 Å². The summed E-state index contributed by atoms with van der Waals surface area (Å²) in [6.45, 7) is 0.338. The molecule has 1 saturated heterocycles. The van der Waals surface area contributed by atoms with Crippen LogP contribution in [0.25, 0.3) is 0 Å². The molecule has 0 bridgehead atoms. The van der Waals surface area contributed by atoms with Gasteiger partial charge in [-0.05, 0) is 0 Å². The monoisotopic (exact) mass is 454 g/mol. The van der Waals surface area contributed by atoms with Gasteiger partial charge < -0.3 is 0 Å². The molecule has 8 heteroatoms. The molecule has 1 fully saturated rings. The number of alkyl halides is 1. The number of hydrogen-bond donors (Lipinski definition) is 0. The van der Waals surface area contributed by atoms with Gasteiger partial charge in [-0.1, -0.05) is 0 Å². The van der Waals surface area contributed by atoms with E-state index in [9.17, 15) is 4.79 Å². The average molecular weight is 453 g/mol. The van der Waals surface area contributed by atoms with Crippen molar-refractivity contribution in [1.82, 2.24) is 0 Å². The molecule has 0 aromatic carbocycles. The number of carbonyl (C=O) groups is 1. The molecule has 0 aliphatic carbocycles. The molecule has 0 amide bonds. The Kier molecular flexibility index (Phi) is 8.12. The first-order valence-electron chi connectivity index (χ1n) is 5.67. The number of ether oxygens (including phenoxy) is 5. The Bertz CT molecular complexity index is 290. The Labute approximate surface area is 133 Å². The maximum atomic E-state index is 11.6. The third-order valence-corrected chi connectivity index (χ3v) is 5.12. The molecule has 0 aromatic rings. The van der Waals surface area contributed by atoms with Crippen LogP contribution in [0.3, 0.4) is 0 Å². The van der Waals surface area contributed by atoms with Crippen molar-refractivity contribution in [3.05, 3.63) is 0 Å². The fourth-order valence-corrected chi connectivity index (χ4v) is 3.58. The predicted octanol–water partition coefficient (Wildman–Crippen LogP) is 1.08. The molecular formula is C11H19IO6Se. The van der Waals surface area contributed by atoms with Gasteiger partial charge in [-0.15, -0.1) is 0 Å². The van der Waals surface area contributed by atoms with Gasteiger partial charge in [0.15, 0.2) is 0 Å². The standard InChI is InChI=1S/C11H19IO6Se/c1-14-5-6-8(18-11(13)19-4)7(12)9(15-2)10(16-3)17-6/h6-10H,5H2,1-4H3/t6-,7-,8+,9-,10-/m1/s1. The van der Waals surface area contributed by atoms with Crippen molar-refractivity contribution >= 4 is 42.4 Å². The maximum absolute atomic E-state index is 11.6. The fourth-order valence-electron chi connectivity index (χ4n) is 1.90. The van der Waals surface area contributed by atoms with Crippen molar-refractivity contribution in [3.8, 4) is 0 Å². The molecule has 0 radical (unpaired) electrons. The van der Waals surface area contributed by atoms with E-state index in [2.05, 4.69) is 22.6 Å². The van der Waals surface area contributed by atoms with E-state index in [1.165, 1.54) is 0 Å². The summed E-state index contributed by atoms with van der Waals surface area (Å²) in [7, 11) is 4.73. The van der Waals surface area contributed by atoms with Crippen molar-refractivity contribution in [2.45, 2.75) is 34.3 Å². The van der Waals surface area contributed by atoms with E-state index in [4.69, 9.17) is 23.7 Å². The first kappa shape index (κ1) is 17.6. The third-order valence-electron chi connectivity index (χ3n) is 2.81. The summed E-state index contributed by atoms with van der Waals surface area (Å²) < 4.78 is 27.0. The molecule has 0 aromatic heterocycles. The Morgan fingerprint density at radius 2 is 1.95 bits per heavy atom. The second-order valence-electron chi connectivity index (χ2n) is 3.92. The first-order chi connectivity index (χ1) is 9.08. The van der Waals surface area contributed by atoms with Crippen molar-refractivity contribution in [3.63, 3.8) is 0 Å². The zero-order chi connectivity index (χ0) is 14.4. The van der Waals surface area contributed by atoms with Gasteiger partial charge in [-0.2, -0.15) is 0 Å². The molecule has 0 unspecified atom stereocenters. The van der Waals surface area contributed by atoms with Gasteiger partial charge in [0.1, 0.15) is 0 Å². The zero-order valence-corrected chi connectivity index (χ0v) is 15.2. The second kappa shape index (κ2) is 8.76. The molecule has 0 saturated carbocycles. The number of halogens is 1. The zero-order valence-electron chi connectivity index (χ0n) is 11.3. The SMILES string of the molecule is COC[C@H]1O[C@@H](OC)[C@H](OC)[C@H](I)[C@H]1OC(=O)[Se]C. The number of rotatable bonds is 6. The molecule has 5 atom stereocenters. The molecule has 19 heavy (non-hydrogen) atoms. The number of methoxy groups -OCH3 is 3. The molecule has 1 rings (SSSR count). The van der Waals surface area contributed by atoms with E-state index in [-0.39, 0.29) is 36.0 Å². The normalized spacial score (nSPS) is 35.1. The quantitative estimate of drug-likeness (QED) is 0.341. The van der Waals surface area contributed by atoms with Gasteiger partial charge in [-0.3, -0.25) is 0 Å². The number of carbonyl (C=O) groups excluding carboxylic acids is 1. The molecule has 0 N–H and O–H groups in total. The second-order valence-corrected chi connectivity index (χ2v) is 6.91. The van der Waals surface area contributed by atoms with E-state index >= 15 is 0 Å². The third kappa shape index (κ3) is 4.52. The molecule has 1 aliphatic heterocycles. The van der Waals surface area contributed by atoms with Gasteiger partial charge in [0, 0.05) is 0 Å². The molecule has 1 heterocycles.